The van der Waals surface area contributed by atoms with E-state index in [-0.39, 0.29) is 6.61 Å². The van der Waals surface area contributed by atoms with Gasteiger partial charge in [0.15, 0.2) is 0 Å². The summed E-state index contributed by atoms with van der Waals surface area (Å²) in [6.07, 6.45) is -1.52. The third-order valence-electron chi connectivity index (χ3n) is 1.57. The van der Waals surface area contributed by atoms with Crippen LogP contribution >= 0.6 is 0 Å². The van der Waals surface area contributed by atoms with Gasteiger partial charge in [0.2, 0.25) is 12.1 Å². The molecule has 0 aliphatic carbocycles. The van der Waals surface area contributed by atoms with Crippen LogP contribution in [-0.2, 0) is 14.3 Å². The number of alkyl carbamates (subject to hydrolysis) is 1. The molecule has 0 saturated heterocycles. The molecule has 8 nitrogen and oxygen atoms in total. The highest BCUT2D eigenvalue weighted by molar-refractivity contribution is 5.88. The van der Waals surface area contributed by atoms with Crippen molar-refractivity contribution in [3.8, 4) is 0 Å². The van der Waals surface area contributed by atoms with Crippen molar-refractivity contribution in [2.24, 2.45) is 0 Å². The number of rotatable bonds is 6. The van der Waals surface area contributed by atoms with Gasteiger partial charge in [-0.1, -0.05) is 12.7 Å². The van der Waals surface area contributed by atoms with Gasteiger partial charge >= 0.3 is 12.1 Å². The number of hydrogen-bond acceptors (Lipinski definition) is 5. The van der Waals surface area contributed by atoms with E-state index in [9.17, 15) is 14.4 Å². The highest BCUT2D eigenvalue weighted by Crippen LogP contribution is 1.87. The Kier molecular flexibility index (Phi) is 6.34. The number of carboxylic acids is 1. The Morgan fingerprint density at radius 3 is 2.47 bits per heavy atom. The molecule has 96 valence electrons. The first-order chi connectivity index (χ1) is 7.88. The van der Waals surface area contributed by atoms with E-state index in [0.29, 0.717) is 0 Å². The number of hydrogen-bond donors (Lipinski definition) is 4. The van der Waals surface area contributed by atoms with E-state index in [4.69, 9.17) is 10.2 Å². The quantitative estimate of drug-likeness (QED) is 0.345. The van der Waals surface area contributed by atoms with Crippen LogP contribution in [0.3, 0.4) is 0 Å². The first-order valence-corrected chi connectivity index (χ1v) is 4.64. The average molecular weight is 246 g/mol. The first kappa shape index (κ1) is 14.9. The normalized spacial score (nSPS) is 13.1. The third-order valence-corrected chi connectivity index (χ3v) is 1.57. The lowest BCUT2D eigenvalue weighted by molar-refractivity contribution is -0.151. The van der Waals surface area contributed by atoms with Gasteiger partial charge in [-0.05, 0) is 6.92 Å². The second kappa shape index (κ2) is 7.23. The lowest BCUT2D eigenvalue weighted by Gasteiger charge is -2.15. The molecule has 0 aromatic carbocycles. The highest BCUT2D eigenvalue weighted by Gasteiger charge is 2.21. The van der Waals surface area contributed by atoms with E-state index in [0.717, 1.165) is 0 Å². The van der Waals surface area contributed by atoms with Crippen LogP contribution in [-0.4, -0.2) is 47.1 Å². The maximum Gasteiger partial charge on any atom is 0.408 e. The van der Waals surface area contributed by atoms with Crippen molar-refractivity contribution >= 4 is 18.0 Å². The zero-order valence-corrected chi connectivity index (χ0v) is 9.17. The number of carboxylic acid groups (broad SMARTS) is 1. The summed E-state index contributed by atoms with van der Waals surface area (Å²) in [7, 11) is 0. The van der Waals surface area contributed by atoms with Gasteiger partial charge in [-0.2, -0.15) is 0 Å². The zero-order valence-electron chi connectivity index (χ0n) is 9.17. The molecule has 0 radical (unpaired) electrons. The molecule has 8 heteroatoms. The molecular formula is C9H14N2O6. The van der Waals surface area contributed by atoms with Gasteiger partial charge in [-0.25, -0.2) is 9.59 Å². The Balaban J connectivity index is 4.09. The van der Waals surface area contributed by atoms with E-state index >= 15 is 0 Å². The molecule has 1 unspecified atom stereocenters. The molecule has 2 atom stereocenters. The summed E-state index contributed by atoms with van der Waals surface area (Å²) < 4.78 is 4.54. The number of aliphatic hydroxyl groups excluding tert-OH is 1. The van der Waals surface area contributed by atoms with E-state index in [1.54, 1.807) is 5.32 Å². The Morgan fingerprint density at radius 2 is 2.00 bits per heavy atom. The summed E-state index contributed by atoms with van der Waals surface area (Å²) >= 11 is 0. The molecule has 0 rings (SSSR count). The Morgan fingerprint density at radius 1 is 1.41 bits per heavy atom. The predicted molar refractivity (Wildman–Crippen MR) is 55.9 cm³/mol. The van der Waals surface area contributed by atoms with Crippen molar-refractivity contribution in [3.05, 3.63) is 12.7 Å². The molecule has 0 spiro atoms. The number of ether oxygens (including phenoxy) is 1. The molecule has 0 fully saturated rings. The van der Waals surface area contributed by atoms with Gasteiger partial charge < -0.3 is 25.6 Å². The maximum absolute atomic E-state index is 11.2. The number of amides is 2. The summed E-state index contributed by atoms with van der Waals surface area (Å²) in [5, 5.41) is 21.1. The Bertz CT molecular complexity index is 317. The molecule has 17 heavy (non-hydrogen) atoms. The summed E-state index contributed by atoms with van der Waals surface area (Å²) in [6, 6.07) is -1.04. The fourth-order valence-corrected chi connectivity index (χ4v) is 0.740. The zero-order chi connectivity index (χ0) is 13.4. The van der Waals surface area contributed by atoms with E-state index in [1.165, 1.54) is 13.0 Å². The molecule has 0 saturated carbocycles. The van der Waals surface area contributed by atoms with Crippen LogP contribution in [0.5, 0.6) is 0 Å². The minimum absolute atomic E-state index is 0.0159. The van der Waals surface area contributed by atoms with Gasteiger partial charge in [-0.15, -0.1) is 0 Å². The number of aliphatic carboxylic acids is 1. The minimum Gasteiger partial charge on any atom is -0.478 e. The monoisotopic (exact) mass is 246 g/mol. The van der Waals surface area contributed by atoms with E-state index < -0.39 is 30.2 Å². The van der Waals surface area contributed by atoms with Crippen LogP contribution in [0, 0.1) is 0 Å². The molecule has 0 heterocycles. The molecule has 2 amide bonds. The topological polar surface area (TPSA) is 125 Å². The third kappa shape index (κ3) is 6.15. The SMILES string of the molecule is C=CCOC(=O)N[C@@H](C)C(=O)NC(O)C(=O)O. The molecule has 0 aliphatic rings. The first-order valence-electron chi connectivity index (χ1n) is 4.64. The van der Waals surface area contributed by atoms with Gasteiger partial charge in [0.05, 0.1) is 0 Å². The van der Waals surface area contributed by atoms with E-state index in [2.05, 4.69) is 16.6 Å². The van der Waals surface area contributed by atoms with Gasteiger partial charge in [0.1, 0.15) is 12.6 Å². The second-order valence-electron chi connectivity index (χ2n) is 3.00. The fraction of sp³-hybridized carbons (Fsp3) is 0.444. The van der Waals surface area contributed by atoms with Crippen LogP contribution < -0.4 is 10.6 Å². The van der Waals surface area contributed by atoms with Gasteiger partial charge in [0, 0.05) is 0 Å². The van der Waals surface area contributed by atoms with Crippen LogP contribution in [0.1, 0.15) is 6.92 Å². The molecule has 0 aromatic heterocycles. The van der Waals surface area contributed by atoms with Crippen LogP contribution in [0.25, 0.3) is 0 Å². The van der Waals surface area contributed by atoms with Crippen molar-refractivity contribution in [1.29, 1.82) is 0 Å². The molecule has 0 aromatic rings. The second-order valence-corrected chi connectivity index (χ2v) is 3.00. The summed E-state index contributed by atoms with van der Waals surface area (Å²) in [4.78, 5) is 32.5. The van der Waals surface area contributed by atoms with Crippen LogP contribution in [0.2, 0.25) is 0 Å². The predicted octanol–water partition coefficient (Wildman–Crippen LogP) is -1.19. The van der Waals surface area contributed by atoms with Crippen LogP contribution in [0.4, 0.5) is 4.79 Å². The van der Waals surface area contributed by atoms with Crippen LogP contribution in [0.15, 0.2) is 12.7 Å². The van der Waals surface area contributed by atoms with Crippen molar-refractivity contribution < 1.29 is 29.3 Å². The molecule has 0 bridgehead atoms. The average Bonchev–Trinajstić information content (AvgIpc) is 2.25. The number of aliphatic hydroxyl groups is 1. The molecule has 4 N–H and O–H groups in total. The van der Waals surface area contributed by atoms with Gasteiger partial charge in [0.25, 0.3) is 0 Å². The van der Waals surface area contributed by atoms with Gasteiger partial charge in [-0.3, -0.25) is 4.79 Å². The number of carbonyl (C=O) groups is 3. The van der Waals surface area contributed by atoms with Crippen molar-refractivity contribution in [2.45, 2.75) is 19.2 Å². The highest BCUT2D eigenvalue weighted by atomic mass is 16.5. The lowest BCUT2D eigenvalue weighted by Crippen LogP contribution is -2.50. The van der Waals surface area contributed by atoms with E-state index in [1.807, 2.05) is 0 Å². The standard InChI is InChI=1S/C9H14N2O6/c1-3-4-17-9(16)10-5(2)6(12)11-7(13)8(14)15/h3,5,7,13H,1,4H2,2H3,(H,10,16)(H,11,12)(H,14,15)/t5-,7?/m0/s1. The van der Waals surface area contributed by atoms with Crippen molar-refractivity contribution in [2.75, 3.05) is 6.61 Å². The van der Waals surface area contributed by atoms with Crippen molar-refractivity contribution in [3.63, 3.8) is 0 Å². The number of carbonyl (C=O) groups excluding carboxylic acids is 2. The largest absolute Gasteiger partial charge is 0.478 e. The minimum atomic E-state index is -2.02. The maximum atomic E-state index is 11.2. The lowest BCUT2D eigenvalue weighted by atomic mass is 10.3. The Labute approximate surface area is 97.3 Å². The summed E-state index contributed by atoms with van der Waals surface area (Å²) in [5.41, 5.74) is 0. The summed E-state index contributed by atoms with van der Waals surface area (Å²) in [5.74, 6) is -2.45. The van der Waals surface area contributed by atoms with Crippen molar-refractivity contribution in [1.82, 2.24) is 10.6 Å². The molecular weight excluding hydrogens is 232 g/mol. The summed E-state index contributed by atoms with van der Waals surface area (Å²) in [6.45, 7) is 4.61. The number of nitrogens with one attached hydrogen (secondary N) is 2. The smallest absolute Gasteiger partial charge is 0.408 e. The Hall–Kier alpha value is -2.09. The molecule has 0 aliphatic heterocycles. The fourth-order valence-electron chi connectivity index (χ4n) is 0.740.